The maximum atomic E-state index is 12.2. The van der Waals surface area contributed by atoms with Crippen molar-refractivity contribution in [1.82, 2.24) is 9.71 Å². The zero-order valence-corrected chi connectivity index (χ0v) is 13.0. The minimum absolute atomic E-state index is 0.355. The van der Waals surface area contributed by atoms with Gasteiger partial charge in [-0.2, -0.15) is 0 Å². The van der Waals surface area contributed by atoms with Gasteiger partial charge in [0.25, 0.3) is 5.91 Å². The van der Waals surface area contributed by atoms with Crippen molar-refractivity contribution in [1.29, 1.82) is 0 Å². The van der Waals surface area contributed by atoms with Crippen molar-refractivity contribution in [2.24, 2.45) is 0 Å². The summed E-state index contributed by atoms with van der Waals surface area (Å²) in [4.78, 5) is 17.1. The van der Waals surface area contributed by atoms with Gasteiger partial charge in [-0.1, -0.05) is 30.3 Å². The van der Waals surface area contributed by atoms with E-state index in [4.69, 9.17) is 0 Å². The molecule has 1 aromatic carbocycles. The third-order valence-corrected chi connectivity index (χ3v) is 4.87. The van der Waals surface area contributed by atoms with Crippen molar-refractivity contribution in [2.75, 3.05) is 6.26 Å². The normalized spacial score (nSPS) is 14.9. The quantitative estimate of drug-likeness (QED) is 0.937. The molecule has 0 radical (unpaired) electrons. The molecule has 0 unspecified atom stereocenters. The molecular weight excluding hydrogens is 308 g/mol. The highest BCUT2D eigenvalue weighted by Crippen LogP contribution is 2.44. The standard InChI is InChI=1S/C14H14N2O3S2/c1-21(18,19)16-13(17)12-11(9-5-3-2-4-6-9)15-14(20-12)10-7-8-10/h2-6,10H,7-8H2,1H3,(H,16,17). The molecule has 0 spiro atoms. The number of nitrogens with zero attached hydrogens (tertiary/aromatic N) is 1. The van der Waals surface area contributed by atoms with E-state index in [1.807, 2.05) is 35.1 Å². The molecule has 1 aliphatic carbocycles. The first-order valence-electron chi connectivity index (χ1n) is 6.52. The zero-order chi connectivity index (χ0) is 15.0. The molecule has 0 aliphatic heterocycles. The van der Waals surface area contributed by atoms with Crippen molar-refractivity contribution >= 4 is 27.3 Å². The molecule has 1 amide bonds. The Balaban J connectivity index is 2.04. The van der Waals surface area contributed by atoms with Crippen LogP contribution < -0.4 is 4.72 Å². The molecule has 0 saturated heterocycles. The van der Waals surface area contributed by atoms with E-state index in [0.717, 1.165) is 29.7 Å². The van der Waals surface area contributed by atoms with Crippen LogP contribution in [0.4, 0.5) is 0 Å². The van der Waals surface area contributed by atoms with Gasteiger partial charge in [0.15, 0.2) is 0 Å². The Morgan fingerprint density at radius 1 is 1.29 bits per heavy atom. The minimum atomic E-state index is -3.59. The van der Waals surface area contributed by atoms with Crippen LogP contribution in [0.25, 0.3) is 11.3 Å². The monoisotopic (exact) mass is 322 g/mol. The summed E-state index contributed by atoms with van der Waals surface area (Å²) in [7, 11) is -3.59. The van der Waals surface area contributed by atoms with Crippen LogP contribution in [0.1, 0.15) is 33.4 Å². The van der Waals surface area contributed by atoms with Crippen LogP contribution in [0.15, 0.2) is 30.3 Å². The Labute approximate surface area is 127 Å². The second-order valence-corrected chi connectivity index (χ2v) is 7.85. The van der Waals surface area contributed by atoms with Crippen molar-refractivity contribution in [3.05, 3.63) is 40.2 Å². The molecule has 1 saturated carbocycles. The average Bonchev–Trinajstić information content (AvgIpc) is 3.16. The van der Waals surface area contributed by atoms with Crippen LogP contribution in [0, 0.1) is 0 Å². The first kappa shape index (κ1) is 14.2. The summed E-state index contributed by atoms with van der Waals surface area (Å²) < 4.78 is 24.6. The number of benzene rings is 1. The summed E-state index contributed by atoms with van der Waals surface area (Å²) >= 11 is 1.29. The van der Waals surface area contributed by atoms with Crippen LogP contribution in [-0.4, -0.2) is 25.6 Å². The lowest BCUT2D eigenvalue weighted by Gasteiger charge is -2.03. The highest BCUT2D eigenvalue weighted by Gasteiger charge is 2.30. The number of thiazole rings is 1. The minimum Gasteiger partial charge on any atom is -0.267 e. The van der Waals surface area contributed by atoms with Gasteiger partial charge in [0.1, 0.15) is 4.88 Å². The fraction of sp³-hybridized carbons (Fsp3) is 0.286. The second-order valence-electron chi connectivity index (χ2n) is 5.07. The number of amides is 1. The van der Waals surface area contributed by atoms with E-state index in [1.165, 1.54) is 11.3 Å². The topological polar surface area (TPSA) is 76.1 Å². The van der Waals surface area contributed by atoms with Crippen molar-refractivity contribution < 1.29 is 13.2 Å². The smallest absolute Gasteiger partial charge is 0.267 e. The number of nitrogens with one attached hydrogen (secondary N) is 1. The molecule has 0 bridgehead atoms. The van der Waals surface area contributed by atoms with Crippen LogP contribution in [0.2, 0.25) is 0 Å². The van der Waals surface area contributed by atoms with E-state index in [2.05, 4.69) is 4.98 Å². The molecule has 5 nitrogen and oxygen atoms in total. The van der Waals surface area contributed by atoms with E-state index < -0.39 is 15.9 Å². The van der Waals surface area contributed by atoms with Gasteiger partial charge in [-0.15, -0.1) is 11.3 Å². The molecule has 1 aliphatic rings. The fourth-order valence-electron chi connectivity index (χ4n) is 2.00. The molecule has 1 aromatic heterocycles. The number of hydrogen-bond donors (Lipinski definition) is 1. The Morgan fingerprint density at radius 2 is 1.95 bits per heavy atom. The van der Waals surface area contributed by atoms with Gasteiger partial charge >= 0.3 is 0 Å². The van der Waals surface area contributed by atoms with Crippen molar-refractivity contribution in [3.8, 4) is 11.3 Å². The first-order chi connectivity index (χ1) is 9.94. The molecule has 3 rings (SSSR count). The molecule has 1 fully saturated rings. The summed E-state index contributed by atoms with van der Waals surface area (Å²) in [5.74, 6) is -0.196. The SMILES string of the molecule is CS(=O)(=O)NC(=O)c1sc(C2CC2)nc1-c1ccccc1. The predicted octanol–water partition coefficient (Wildman–Crippen LogP) is 2.38. The molecule has 2 aromatic rings. The molecule has 0 atom stereocenters. The molecule has 21 heavy (non-hydrogen) atoms. The van der Waals surface area contributed by atoms with Gasteiger partial charge in [0.2, 0.25) is 10.0 Å². The molecule has 110 valence electrons. The fourth-order valence-corrected chi connectivity index (χ4v) is 3.66. The first-order valence-corrected chi connectivity index (χ1v) is 9.23. The number of rotatable bonds is 4. The van der Waals surface area contributed by atoms with E-state index in [9.17, 15) is 13.2 Å². The second kappa shape index (κ2) is 5.23. The van der Waals surface area contributed by atoms with Crippen LogP contribution >= 0.6 is 11.3 Å². The number of aromatic nitrogens is 1. The molecule has 1 heterocycles. The van der Waals surface area contributed by atoms with Gasteiger partial charge in [-0.3, -0.25) is 4.79 Å². The number of carbonyl (C=O) groups is 1. The lowest BCUT2D eigenvalue weighted by Crippen LogP contribution is -2.29. The third kappa shape index (κ3) is 3.30. The average molecular weight is 322 g/mol. The highest BCUT2D eigenvalue weighted by molar-refractivity contribution is 7.89. The maximum Gasteiger partial charge on any atom is 0.277 e. The Bertz CT molecular complexity index is 778. The van der Waals surface area contributed by atoms with Crippen molar-refractivity contribution in [2.45, 2.75) is 18.8 Å². The summed E-state index contributed by atoms with van der Waals surface area (Å²) in [5.41, 5.74) is 1.38. The van der Waals surface area contributed by atoms with Gasteiger partial charge in [-0.05, 0) is 12.8 Å². The predicted molar refractivity (Wildman–Crippen MR) is 81.8 cm³/mol. The Kier molecular flexibility index (Phi) is 3.54. The zero-order valence-electron chi connectivity index (χ0n) is 11.4. The van der Waals surface area contributed by atoms with E-state index in [0.29, 0.717) is 16.5 Å². The number of sulfonamides is 1. The number of carbonyl (C=O) groups excluding carboxylic acids is 1. The molecule has 1 N–H and O–H groups in total. The largest absolute Gasteiger partial charge is 0.277 e. The Hall–Kier alpha value is -1.73. The summed E-state index contributed by atoms with van der Waals surface area (Å²) in [6, 6.07) is 9.34. The highest BCUT2D eigenvalue weighted by atomic mass is 32.2. The van der Waals surface area contributed by atoms with Crippen molar-refractivity contribution in [3.63, 3.8) is 0 Å². The van der Waals surface area contributed by atoms with Crippen LogP contribution in [-0.2, 0) is 10.0 Å². The van der Waals surface area contributed by atoms with E-state index in [1.54, 1.807) is 0 Å². The summed E-state index contributed by atoms with van der Waals surface area (Å²) in [6.07, 6.45) is 3.12. The van der Waals surface area contributed by atoms with E-state index >= 15 is 0 Å². The lowest BCUT2D eigenvalue weighted by atomic mass is 10.1. The van der Waals surface area contributed by atoms with Gasteiger partial charge in [0, 0.05) is 11.5 Å². The summed E-state index contributed by atoms with van der Waals surface area (Å²) in [5, 5.41) is 0.910. The molecule has 7 heteroatoms. The Morgan fingerprint density at radius 3 is 2.52 bits per heavy atom. The van der Waals surface area contributed by atoms with E-state index in [-0.39, 0.29) is 0 Å². The van der Waals surface area contributed by atoms with Crippen LogP contribution in [0.3, 0.4) is 0 Å². The lowest BCUT2D eigenvalue weighted by molar-refractivity contribution is 0.0986. The number of hydrogen-bond acceptors (Lipinski definition) is 5. The molecular formula is C14H14N2O3S2. The van der Waals surface area contributed by atoms with Gasteiger partial charge in [0.05, 0.1) is 17.0 Å². The van der Waals surface area contributed by atoms with Crippen LogP contribution in [0.5, 0.6) is 0 Å². The third-order valence-electron chi connectivity index (χ3n) is 3.10. The van der Waals surface area contributed by atoms with Gasteiger partial charge in [-0.25, -0.2) is 18.1 Å². The summed E-state index contributed by atoms with van der Waals surface area (Å²) in [6.45, 7) is 0. The van der Waals surface area contributed by atoms with Gasteiger partial charge < -0.3 is 0 Å². The maximum absolute atomic E-state index is 12.2.